The number of nitrogens with one attached hydrogen (secondary N) is 3. The van der Waals surface area contributed by atoms with Crippen molar-refractivity contribution in [2.75, 3.05) is 13.6 Å². The summed E-state index contributed by atoms with van der Waals surface area (Å²) in [5.41, 5.74) is 4.90. The number of fused-ring (bicyclic) bond motifs is 1. The lowest BCUT2D eigenvalue weighted by molar-refractivity contribution is 0.684. The molecule has 1 aromatic carbocycles. The van der Waals surface area contributed by atoms with Crippen molar-refractivity contribution in [3.05, 3.63) is 53.5 Å². The van der Waals surface area contributed by atoms with Crippen LogP contribution in [0.3, 0.4) is 0 Å². The molecule has 0 aliphatic carbocycles. The van der Waals surface area contributed by atoms with Gasteiger partial charge in [0.2, 0.25) is 0 Å². The fourth-order valence-electron chi connectivity index (χ4n) is 2.79. The van der Waals surface area contributed by atoms with E-state index < -0.39 is 0 Å². The van der Waals surface area contributed by atoms with E-state index in [2.05, 4.69) is 57.0 Å². The molecule has 0 amide bonds. The highest BCUT2D eigenvalue weighted by Gasteiger charge is 2.05. The molecule has 0 saturated carbocycles. The van der Waals surface area contributed by atoms with Gasteiger partial charge in [0.25, 0.3) is 0 Å². The molecule has 25 heavy (non-hydrogen) atoms. The van der Waals surface area contributed by atoms with Gasteiger partial charge in [0.1, 0.15) is 0 Å². The van der Waals surface area contributed by atoms with Gasteiger partial charge in [-0.05, 0) is 36.6 Å². The van der Waals surface area contributed by atoms with Crippen LogP contribution in [0.4, 0.5) is 0 Å². The second kappa shape index (κ2) is 8.89. The Morgan fingerprint density at radius 2 is 2.12 bits per heavy atom. The summed E-state index contributed by atoms with van der Waals surface area (Å²) in [6.45, 7) is 3.63. The Kier molecular flexibility index (Phi) is 6.86. The summed E-state index contributed by atoms with van der Waals surface area (Å²) < 4.78 is 1.86. The number of hydrogen-bond acceptors (Lipinski definition) is 2. The molecule has 0 atom stereocenters. The topological polar surface area (TPSA) is 70.0 Å². The third-order valence-electron chi connectivity index (χ3n) is 4.19. The summed E-state index contributed by atoms with van der Waals surface area (Å²) in [5.74, 6) is 0.798. The number of aliphatic imine (C=N–C) groups is 1. The van der Waals surface area contributed by atoms with Crippen molar-refractivity contribution >= 4 is 40.8 Å². The summed E-state index contributed by atoms with van der Waals surface area (Å²) in [5, 5.41) is 12.1. The SMILES string of the molecule is CN=C(NCCc1c[nH]c2cc(C)ccc12)NCc1ccnn1C.I. The minimum atomic E-state index is 0. The maximum absolute atomic E-state index is 4.27. The van der Waals surface area contributed by atoms with E-state index in [1.54, 1.807) is 13.2 Å². The van der Waals surface area contributed by atoms with E-state index in [-0.39, 0.29) is 24.0 Å². The third-order valence-corrected chi connectivity index (χ3v) is 4.19. The zero-order chi connectivity index (χ0) is 16.9. The highest BCUT2D eigenvalue weighted by atomic mass is 127. The van der Waals surface area contributed by atoms with Gasteiger partial charge >= 0.3 is 0 Å². The van der Waals surface area contributed by atoms with E-state index in [0.29, 0.717) is 6.54 Å². The summed E-state index contributed by atoms with van der Waals surface area (Å²) in [4.78, 5) is 7.61. The number of nitrogens with zero attached hydrogens (tertiary/aromatic N) is 3. The lowest BCUT2D eigenvalue weighted by atomic mass is 10.1. The number of guanidine groups is 1. The maximum atomic E-state index is 4.27. The largest absolute Gasteiger partial charge is 0.361 e. The third kappa shape index (κ3) is 4.75. The maximum Gasteiger partial charge on any atom is 0.191 e. The molecule has 0 radical (unpaired) electrons. The van der Waals surface area contributed by atoms with E-state index in [4.69, 9.17) is 0 Å². The second-order valence-corrected chi connectivity index (χ2v) is 5.91. The zero-order valence-electron chi connectivity index (χ0n) is 14.8. The average molecular weight is 452 g/mol. The van der Waals surface area contributed by atoms with Crippen molar-refractivity contribution in [3.8, 4) is 0 Å². The Bertz CT molecular complexity index is 848. The Labute approximate surface area is 165 Å². The van der Waals surface area contributed by atoms with Gasteiger partial charge in [-0.15, -0.1) is 24.0 Å². The van der Waals surface area contributed by atoms with Gasteiger partial charge in [0.15, 0.2) is 5.96 Å². The predicted octanol–water partition coefficient (Wildman–Crippen LogP) is 2.74. The molecule has 6 nitrogen and oxygen atoms in total. The molecule has 3 aromatic rings. The fourth-order valence-corrected chi connectivity index (χ4v) is 2.79. The first-order valence-electron chi connectivity index (χ1n) is 8.15. The van der Waals surface area contributed by atoms with Crippen molar-refractivity contribution in [2.24, 2.45) is 12.0 Å². The van der Waals surface area contributed by atoms with Crippen LogP contribution in [0.5, 0.6) is 0 Å². The van der Waals surface area contributed by atoms with E-state index in [1.165, 1.54) is 22.0 Å². The number of benzene rings is 1. The van der Waals surface area contributed by atoms with Gasteiger partial charge in [0, 0.05) is 43.9 Å². The molecule has 0 spiro atoms. The van der Waals surface area contributed by atoms with E-state index >= 15 is 0 Å². The number of aromatic amines is 1. The van der Waals surface area contributed by atoms with Gasteiger partial charge in [0.05, 0.1) is 12.2 Å². The number of aromatic nitrogens is 3. The molecule has 134 valence electrons. The number of hydrogen-bond donors (Lipinski definition) is 3. The molecule has 0 saturated heterocycles. The minimum Gasteiger partial charge on any atom is -0.361 e. The van der Waals surface area contributed by atoms with Crippen LogP contribution in [0.15, 0.2) is 41.7 Å². The summed E-state index contributed by atoms with van der Waals surface area (Å²) in [6.07, 6.45) is 4.83. The van der Waals surface area contributed by atoms with Gasteiger partial charge in [-0.1, -0.05) is 12.1 Å². The number of halogens is 1. The standard InChI is InChI=1S/C18H24N6.HI/c1-13-4-5-16-14(11-21-17(16)10-13)6-8-20-18(19-2)22-12-15-7-9-23-24(15)3;/h4-5,7,9-11,21H,6,8,12H2,1-3H3,(H2,19,20,22);1H. The van der Waals surface area contributed by atoms with E-state index in [0.717, 1.165) is 24.6 Å². The molecule has 0 bridgehead atoms. The molecule has 2 heterocycles. The molecule has 3 N–H and O–H groups in total. The molecule has 3 rings (SSSR count). The Morgan fingerprint density at radius 1 is 1.28 bits per heavy atom. The van der Waals surface area contributed by atoms with Crippen LogP contribution in [0, 0.1) is 6.92 Å². The quantitative estimate of drug-likeness (QED) is 0.317. The summed E-state index contributed by atoms with van der Waals surface area (Å²) in [6, 6.07) is 8.52. The van der Waals surface area contributed by atoms with Crippen molar-refractivity contribution in [2.45, 2.75) is 19.9 Å². The molecular formula is C18H25IN6. The van der Waals surface area contributed by atoms with E-state index in [1.807, 2.05) is 17.8 Å². The molecule has 0 aliphatic heterocycles. The molecule has 2 aromatic heterocycles. The highest BCUT2D eigenvalue weighted by molar-refractivity contribution is 14.0. The fraction of sp³-hybridized carbons (Fsp3) is 0.333. The smallest absolute Gasteiger partial charge is 0.191 e. The van der Waals surface area contributed by atoms with Crippen molar-refractivity contribution < 1.29 is 0 Å². The van der Waals surface area contributed by atoms with Gasteiger partial charge in [-0.2, -0.15) is 5.10 Å². The molecule has 0 fully saturated rings. The second-order valence-electron chi connectivity index (χ2n) is 5.91. The van der Waals surface area contributed by atoms with Crippen LogP contribution in [-0.4, -0.2) is 34.3 Å². The van der Waals surface area contributed by atoms with Crippen LogP contribution in [0.25, 0.3) is 10.9 Å². The molecular weight excluding hydrogens is 427 g/mol. The lowest BCUT2D eigenvalue weighted by Gasteiger charge is -2.11. The first-order valence-corrected chi connectivity index (χ1v) is 8.15. The summed E-state index contributed by atoms with van der Waals surface area (Å²) >= 11 is 0. The average Bonchev–Trinajstić information content (AvgIpc) is 3.16. The predicted molar refractivity (Wildman–Crippen MR) is 114 cm³/mol. The van der Waals surface area contributed by atoms with Crippen molar-refractivity contribution in [1.29, 1.82) is 0 Å². The Hall–Kier alpha value is -2.03. The van der Waals surface area contributed by atoms with Gasteiger partial charge in [-0.25, -0.2) is 0 Å². The number of aryl methyl sites for hydroxylation is 2. The normalized spacial score (nSPS) is 11.4. The first-order chi connectivity index (χ1) is 11.7. The molecule has 0 aliphatic rings. The Balaban J connectivity index is 0.00000225. The lowest BCUT2D eigenvalue weighted by Crippen LogP contribution is -2.38. The van der Waals surface area contributed by atoms with Crippen molar-refractivity contribution in [1.82, 2.24) is 25.4 Å². The Morgan fingerprint density at radius 3 is 2.84 bits per heavy atom. The van der Waals surface area contributed by atoms with Gasteiger partial charge < -0.3 is 15.6 Å². The van der Waals surface area contributed by atoms with Crippen LogP contribution in [0.2, 0.25) is 0 Å². The first kappa shape index (κ1) is 19.3. The number of H-pyrrole nitrogens is 1. The zero-order valence-corrected chi connectivity index (χ0v) is 17.2. The van der Waals surface area contributed by atoms with Gasteiger partial charge in [-0.3, -0.25) is 9.67 Å². The highest BCUT2D eigenvalue weighted by Crippen LogP contribution is 2.19. The van der Waals surface area contributed by atoms with Crippen LogP contribution < -0.4 is 10.6 Å². The van der Waals surface area contributed by atoms with Crippen LogP contribution in [-0.2, 0) is 20.0 Å². The summed E-state index contributed by atoms with van der Waals surface area (Å²) in [7, 11) is 3.72. The molecule has 0 unspecified atom stereocenters. The van der Waals surface area contributed by atoms with E-state index in [9.17, 15) is 0 Å². The minimum absolute atomic E-state index is 0. The van der Waals surface area contributed by atoms with Crippen molar-refractivity contribution in [3.63, 3.8) is 0 Å². The number of rotatable bonds is 5. The monoisotopic (exact) mass is 452 g/mol. The van der Waals surface area contributed by atoms with Crippen LogP contribution in [0.1, 0.15) is 16.8 Å². The van der Waals surface area contributed by atoms with Crippen LogP contribution >= 0.6 is 24.0 Å². The molecule has 7 heteroatoms.